The molecule has 146 valence electrons. The van der Waals surface area contributed by atoms with E-state index >= 15 is 0 Å². The third-order valence-corrected chi connectivity index (χ3v) is 5.74. The molecule has 4 rings (SSSR count). The number of fused-ring (bicyclic) bond motifs is 2. The summed E-state index contributed by atoms with van der Waals surface area (Å²) in [5, 5.41) is 11.5. The number of likely N-dealkylation sites (N-methyl/N-ethyl adjacent to an activating group) is 1. The maximum absolute atomic E-state index is 11.5. The lowest BCUT2D eigenvalue weighted by Gasteiger charge is -2.45. The van der Waals surface area contributed by atoms with Crippen LogP contribution in [0.25, 0.3) is 6.08 Å². The molecule has 0 radical (unpaired) electrons. The van der Waals surface area contributed by atoms with Crippen LogP contribution in [0.4, 0.5) is 11.4 Å². The van der Waals surface area contributed by atoms with Crippen LogP contribution < -0.4 is 14.4 Å². The van der Waals surface area contributed by atoms with Gasteiger partial charge in [-0.05, 0) is 51.5 Å². The molecule has 0 N–H and O–H groups in total. The number of hydrogen-bond acceptors (Lipinski definition) is 5. The summed E-state index contributed by atoms with van der Waals surface area (Å²) in [5.74, 6) is 0.802. The smallest absolute Gasteiger partial charge is 0.311 e. The van der Waals surface area contributed by atoms with Crippen molar-refractivity contribution in [2.45, 2.75) is 44.9 Å². The van der Waals surface area contributed by atoms with Gasteiger partial charge < -0.3 is 14.4 Å². The van der Waals surface area contributed by atoms with Gasteiger partial charge in [0.25, 0.3) is 0 Å². The van der Waals surface area contributed by atoms with Crippen LogP contribution in [0.5, 0.6) is 11.5 Å². The van der Waals surface area contributed by atoms with Crippen molar-refractivity contribution >= 4 is 17.5 Å². The van der Waals surface area contributed by atoms with E-state index in [1.54, 1.807) is 6.07 Å². The Bertz CT molecular complexity index is 996. The van der Waals surface area contributed by atoms with Crippen LogP contribution in [0.15, 0.2) is 42.5 Å². The zero-order valence-corrected chi connectivity index (χ0v) is 16.7. The van der Waals surface area contributed by atoms with E-state index in [2.05, 4.69) is 30.9 Å². The zero-order chi connectivity index (χ0) is 20.3. The first kappa shape index (κ1) is 18.3. The first-order valence-electron chi connectivity index (χ1n) is 9.38. The van der Waals surface area contributed by atoms with Crippen LogP contribution in [0.1, 0.15) is 38.8 Å². The van der Waals surface area contributed by atoms with Gasteiger partial charge in [0.2, 0.25) is 11.5 Å². The Balaban J connectivity index is 1.84. The fourth-order valence-corrected chi connectivity index (χ4v) is 4.28. The van der Waals surface area contributed by atoms with Crippen molar-refractivity contribution in [3.05, 3.63) is 63.7 Å². The quantitative estimate of drug-likeness (QED) is 0.559. The minimum absolute atomic E-state index is 0.0565. The van der Waals surface area contributed by atoms with Crippen molar-refractivity contribution in [1.29, 1.82) is 0 Å². The fourth-order valence-electron chi connectivity index (χ4n) is 4.28. The SMILES string of the molecule is CC(C)Oc1cc2c(cc1[N+](=O)[O-])C=CC1(O2)N(C)c2ccccc2C1(C)C. The normalized spacial score (nSPS) is 21.4. The predicted molar refractivity (Wildman–Crippen MR) is 109 cm³/mol. The Labute approximate surface area is 164 Å². The first-order valence-corrected chi connectivity index (χ1v) is 9.38. The molecule has 0 saturated carbocycles. The van der Waals surface area contributed by atoms with E-state index in [1.807, 2.05) is 45.2 Å². The van der Waals surface area contributed by atoms with E-state index in [4.69, 9.17) is 9.47 Å². The van der Waals surface area contributed by atoms with Gasteiger partial charge in [0.05, 0.1) is 16.4 Å². The molecule has 1 atom stereocenters. The number of benzene rings is 2. The number of para-hydroxylation sites is 1. The summed E-state index contributed by atoms with van der Waals surface area (Å²) in [6.45, 7) is 8.00. The molecule has 1 unspecified atom stereocenters. The highest BCUT2D eigenvalue weighted by Crippen LogP contribution is 2.54. The second-order valence-corrected chi connectivity index (χ2v) is 8.11. The van der Waals surface area contributed by atoms with Crippen molar-refractivity contribution in [3.8, 4) is 11.5 Å². The van der Waals surface area contributed by atoms with Crippen LogP contribution in [-0.4, -0.2) is 23.8 Å². The van der Waals surface area contributed by atoms with E-state index in [0.717, 1.165) is 5.69 Å². The number of rotatable bonds is 3. The maximum atomic E-state index is 11.5. The zero-order valence-electron chi connectivity index (χ0n) is 16.7. The van der Waals surface area contributed by atoms with Gasteiger partial charge in [-0.2, -0.15) is 0 Å². The lowest BCUT2D eigenvalue weighted by molar-refractivity contribution is -0.386. The van der Waals surface area contributed by atoms with Crippen LogP contribution in [0.2, 0.25) is 0 Å². The van der Waals surface area contributed by atoms with Gasteiger partial charge in [-0.3, -0.25) is 10.1 Å². The van der Waals surface area contributed by atoms with Gasteiger partial charge in [0, 0.05) is 30.4 Å². The highest BCUT2D eigenvalue weighted by atomic mass is 16.6. The molecule has 1 spiro atoms. The molecular weight excluding hydrogens is 356 g/mol. The van der Waals surface area contributed by atoms with Crippen LogP contribution in [-0.2, 0) is 5.41 Å². The largest absolute Gasteiger partial charge is 0.484 e. The van der Waals surface area contributed by atoms with E-state index in [9.17, 15) is 10.1 Å². The van der Waals surface area contributed by atoms with Crippen molar-refractivity contribution in [1.82, 2.24) is 0 Å². The number of nitro groups is 1. The summed E-state index contributed by atoms with van der Waals surface area (Å²) in [6.07, 6.45) is 3.73. The second-order valence-electron chi connectivity index (χ2n) is 8.11. The standard InChI is InChI=1S/C22H24N2O4/c1-14(2)27-20-13-19-15(12-18(20)24(25)26)10-11-22(28-19)21(3,4)16-8-6-7-9-17(16)23(22)5/h6-14H,1-5H3. The molecule has 2 aromatic rings. The Kier molecular flexibility index (Phi) is 3.93. The van der Waals surface area contributed by atoms with E-state index < -0.39 is 10.6 Å². The molecule has 2 heterocycles. The average Bonchev–Trinajstić information content (AvgIpc) is 2.80. The minimum Gasteiger partial charge on any atom is -0.484 e. The topological polar surface area (TPSA) is 64.8 Å². The van der Waals surface area contributed by atoms with Gasteiger partial charge in [-0.15, -0.1) is 0 Å². The fraction of sp³-hybridized carbons (Fsp3) is 0.364. The molecule has 28 heavy (non-hydrogen) atoms. The summed E-state index contributed by atoms with van der Waals surface area (Å²) in [5.41, 5.74) is 1.88. The average molecular weight is 380 g/mol. The summed E-state index contributed by atoms with van der Waals surface area (Å²) >= 11 is 0. The Morgan fingerprint density at radius 1 is 1.21 bits per heavy atom. The van der Waals surface area contributed by atoms with Gasteiger partial charge >= 0.3 is 5.69 Å². The van der Waals surface area contributed by atoms with Crippen molar-refractivity contribution in [2.24, 2.45) is 0 Å². The second kappa shape index (κ2) is 5.99. The Hall–Kier alpha value is -3.02. The van der Waals surface area contributed by atoms with E-state index in [0.29, 0.717) is 11.3 Å². The molecule has 0 aliphatic carbocycles. The summed E-state index contributed by atoms with van der Waals surface area (Å²) in [6, 6.07) is 11.4. The molecule has 6 nitrogen and oxygen atoms in total. The van der Waals surface area contributed by atoms with E-state index in [1.165, 1.54) is 11.6 Å². The van der Waals surface area contributed by atoms with Crippen molar-refractivity contribution in [2.75, 3.05) is 11.9 Å². The highest BCUT2D eigenvalue weighted by molar-refractivity contribution is 5.74. The molecule has 0 bridgehead atoms. The molecule has 0 aromatic heterocycles. The van der Waals surface area contributed by atoms with Crippen LogP contribution >= 0.6 is 0 Å². The van der Waals surface area contributed by atoms with E-state index in [-0.39, 0.29) is 23.0 Å². The Morgan fingerprint density at radius 2 is 1.93 bits per heavy atom. The summed E-state index contributed by atoms with van der Waals surface area (Å²) in [7, 11) is 2.01. The number of hydrogen-bond donors (Lipinski definition) is 0. The third kappa shape index (κ3) is 2.40. The molecule has 2 aliphatic heterocycles. The molecule has 0 fully saturated rings. The van der Waals surface area contributed by atoms with Crippen LogP contribution in [0, 0.1) is 10.1 Å². The molecule has 2 aromatic carbocycles. The van der Waals surface area contributed by atoms with Gasteiger partial charge in [0.15, 0.2) is 0 Å². The number of nitrogens with zero attached hydrogens (tertiary/aromatic N) is 2. The lowest BCUT2D eigenvalue weighted by atomic mass is 9.76. The van der Waals surface area contributed by atoms with Gasteiger partial charge in [0.1, 0.15) is 5.75 Å². The summed E-state index contributed by atoms with van der Waals surface area (Å²) < 4.78 is 12.3. The molecule has 6 heteroatoms. The van der Waals surface area contributed by atoms with Gasteiger partial charge in [-0.1, -0.05) is 18.2 Å². The number of anilines is 1. The van der Waals surface area contributed by atoms with Crippen LogP contribution in [0.3, 0.4) is 0 Å². The van der Waals surface area contributed by atoms with Crippen molar-refractivity contribution < 1.29 is 14.4 Å². The number of nitro benzene ring substituents is 1. The Morgan fingerprint density at radius 3 is 2.57 bits per heavy atom. The first-order chi connectivity index (χ1) is 13.2. The minimum atomic E-state index is -0.727. The van der Waals surface area contributed by atoms with Crippen molar-refractivity contribution in [3.63, 3.8) is 0 Å². The highest BCUT2D eigenvalue weighted by Gasteiger charge is 2.57. The van der Waals surface area contributed by atoms with Gasteiger partial charge in [-0.25, -0.2) is 0 Å². The maximum Gasteiger partial charge on any atom is 0.311 e. The molecule has 0 amide bonds. The summed E-state index contributed by atoms with van der Waals surface area (Å²) in [4.78, 5) is 13.2. The third-order valence-electron chi connectivity index (χ3n) is 5.74. The lowest BCUT2D eigenvalue weighted by Crippen LogP contribution is -2.58. The molecule has 0 saturated heterocycles. The molecular formula is C22H24N2O4. The number of ether oxygens (including phenoxy) is 2. The molecule has 2 aliphatic rings. The monoisotopic (exact) mass is 380 g/mol. The predicted octanol–water partition coefficient (Wildman–Crippen LogP) is 4.91.